The molecule has 0 N–H and O–H groups in total. The molecule has 1 aromatic rings. The number of benzene rings is 1. The van der Waals surface area contributed by atoms with Crippen molar-refractivity contribution in [3.05, 3.63) is 29.3 Å². The third-order valence-corrected chi connectivity index (χ3v) is 1.57. The highest BCUT2D eigenvalue weighted by atomic mass is 19.2. The molecular formula is C10H10F2O2. The van der Waals surface area contributed by atoms with Crippen LogP contribution in [-0.2, 0) is 0 Å². The van der Waals surface area contributed by atoms with E-state index >= 15 is 0 Å². The third kappa shape index (κ3) is 2.07. The van der Waals surface area contributed by atoms with Gasteiger partial charge in [-0.3, -0.25) is 4.79 Å². The zero-order valence-corrected chi connectivity index (χ0v) is 7.88. The number of hydrogen-bond acceptors (Lipinski definition) is 2. The van der Waals surface area contributed by atoms with Crippen molar-refractivity contribution in [2.45, 2.75) is 20.0 Å². The van der Waals surface area contributed by atoms with E-state index in [1.54, 1.807) is 13.8 Å². The Kier molecular flexibility index (Phi) is 3.17. The van der Waals surface area contributed by atoms with Gasteiger partial charge in [0.2, 0.25) is 5.82 Å². The number of ether oxygens (including phenoxy) is 1. The standard InChI is InChI=1S/C10H10F2O2/c1-6(2)14-8-4-3-7(5-13)9(11)10(8)12/h3-6H,1-2H3. The predicted molar refractivity (Wildman–Crippen MR) is 47.5 cm³/mol. The monoisotopic (exact) mass is 200 g/mol. The Morgan fingerprint density at radius 2 is 1.93 bits per heavy atom. The van der Waals surface area contributed by atoms with Gasteiger partial charge in [-0.2, -0.15) is 4.39 Å². The SMILES string of the molecule is CC(C)Oc1ccc(C=O)c(F)c1F. The molecule has 0 amide bonds. The molecule has 0 saturated heterocycles. The van der Waals surface area contributed by atoms with Crippen LogP contribution >= 0.6 is 0 Å². The number of aldehydes is 1. The summed E-state index contributed by atoms with van der Waals surface area (Å²) in [4.78, 5) is 10.3. The molecule has 0 unspecified atom stereocenters. The quantitative estimate of drug-likeness (QED) is 0.701. The normalized spacial score (nSPS) is 10.4. The number of halogens is 2. The van der Waals surface area contributed by atoms with Crippen LogP contribution in [0.1, 0.15) is 24.2 Å². The molecule has 76 valence electrons. The molecule has 0 fully saturated rings. The fraction of sp³-hybridized carbons (Fsp3) is 0.300. The van der Waals surface area contributed by atoms with E-state index < -0.39 is 11.6 Å². The molecule has 0 bridgehead atoms. The lowest BCUT2D eigenvalue weighted by atomic mass is 10.2. The fourth-order valence-corrected chi connectivity index (χ4v) is 0.983. The highest BCUT2D eigenvalue weighted by Gasteiger charge is 2.14. The van der Waals surface area contributed by atoms with E-state index in [9.17, 15) is 13.6 Å². The maximum atomic E-state index is 13.2. The molecule has 1 aromatic carbocycles. The summed E-state index contributed by atoms with van der Waals surface area (Å²) in [5, 5.41) is 0. The van der Waals surface area contributed by atoms with Crippen molar-refractivity contribution in [1.82, 2.24) is 0 Å². The van der Waals surface area contributed by atoms with Crippen molar-refractivity contribution in [3.8, 4) is 5.75 Å². The third-order valence-electron chi connectivity index (χ3n) is 1.57. The van der Waals surface area contributed by atoms with E-state index in [1.807, 2.05) is 0 Å². The lowest BCUT2D eigenvalue weighted by molar-refractivity contribution is 0.111. The second-order valence-corrected chi connectivity index (χ2v) is 3.07. The fourth-order valence-electron chi connectivity index (χ4n) is 0.983. The lowest BCUT2D eigenvalue weighted by Gasteiger charge is -2.10. The van der Waals surface area contributed by atoms with Crippen molar-refractivity contribution in [1.29, 1.82) is 0 Å². The van der Waals surface area contributed by atoms with Crippen molar-refractivity contribution >= 4 is 6.29 Å². The van der Waals surface area contributed by atoms with Crippen molar-refractivity contribution < 1.29 is 18.3 Å². The minimum atomic E-state index is -1.17. The van der Waals surface area contributed by atoms with Crippen LogP contribution in [0.2, 0.25) is 0 Å². The van der Waals surface area contributed by atoms with E-state index in [-0.39, 0.29) is 23.7 Å². The molecule has 0 saturated carbocycles. The summed E-state index contributed by atoms with van der Waals surface area (Å²) in [5.74, 6) is -2.47. The summed E-state index contributed by atoms with van der Waals surface area (Å²) in [7, 11) is 0. The van der Waals surface area contributed by atoms with E-state index in [0.717, 1.165) is 0 Å². The number of carbonyl (C=O) groups is 1. The molecule has 0 atom stereocenters. The van der Waals surface area contributed by atoms with E-state index in [4.69, 9.17) is 4.74 Å². The van der Waals surface area contributed by atoms with Gasteiger partial charge in [0.25, 0.3) is 0 Å². The van der Waals surface area contributed by atoms with Crippen molar-refractivity contribution in [3.63, 3.8) is 0 Å². The van der Waals surface area contributed by atoms with Crippen LogP contribution in [0.4, 0.5) is 8.78 Å². The molecule has 0 radical (unpaired) electrons. The first-order valence-electron chi connectivity index (χ1n) is 4.16. The molecule has 0 aliphatic carbocycles. The topological polar surface area (TPSA) is 26.3 Å². The Morgan fingerprint density at radius 3 is 2.43 bits per heavy atom. The molecular weight excluding hydrogens is 190 g/mol. The van der Waals surface area contributed by atoms with E-state index in [1.165, 1.54) is 12.1 Å². The smallest absolute Gasteiger partial charge is 0.201 e. The molecule has 0 aromatic heterocycles. The highest BCUT2D eigenvalue weighted by Crippen LogP contribution is 2.22. The summed E-state index contributed by atoms with van der Waals surface area (Å²) in [6.07, 6.45) is 0.0170. The number of hydrogen-bond donors (Lipinski definition) is 0. The largest absolute Gasteiger partial charge is 0.488 e. The first-order chi connectivity index (χ1) is 6.56. The first-order valence-corrected chi connectivity index (χ1v) is 4.16. The van der Waals surface area contributed by atoms with Gasteiger partial charge >= 0.3 is 0 Å². The Morgan fingerprint density at radius 1 is 1.29 bits per heavy atom. The maximum absolute atomic E-state index is 13.2. The van der Waals surface area contributed by atoms with E-state index in [2.05, 4.69) is 0 Å². The molecule has 0 heterocycles. The summed E-state index contributed by atoms with van der Waals surface area (Å²) in [5.41, 5.74) is -0.307. The van der Waals surface area contributed by atoms with Gasteiger partial charge in [0, 0.05) is 0 Å². The van der Waals surface area contributed by atoms with Crippen LogP contribution in [0.3, 0.4) is 0 Å². The second kappa shape index (κ2) is 4.17. The average Bonchev–Trinajstić information content (AvgIpc) is 2.13. The Hall–Kier alpha value is -1.45. The van der Waals surface area contributed by atoms with Crippen LogP contribution in [0.5, 0.6) is 5.75 Å². The van der Waals surface area contributed by atoms with Gasteiger partial charge < -0.3 is 4.74 Å². The zero-order valence-electron chi connectivity index (χ0n) is 7.88. The van der Waals surface area contributed by atoms with Gasteiger partial charge in [0.05, 0.1) is 11.7 Å². The Bertz CT molecular complexity index is 348. The average molecular weight is 200 g/mol. The van der Waals surface area contributed by atoms with E-state index in [0.29, 0.717) is 0 Å². The number of rotatable bonds is 3. The zero-order chi connectivity index (χ0) is 10.7. The van der Waals surface area contributed by atoms with Crippen LogP contribution < -0.4 is 4.74 Å². The highest BCUT2D eigenvalue weighted by molar-refractivity contribution is 5.75. The molecule has 0 spiro atoms. The second-order valence-electron chi connectivity index (χ2n) is 3.07. The van der Waals surface area contributed by atoms with Crippen LogP contribution in [0, 0.1) is 11.6 Å². The van der Waals surface area contributed by atoms with Gasteiger partial charge in [0.1, 0.15) is 0 Å². The summed E-state index contributed by atoms with van der Waals surface area (Å²) in [6, 6.07) is 2.42. The Balaban J connectivity index is 3.10. The number of carbonyl (C=O) groups excluding carboxylic acids is 1. The van der Waals surface area contributed by atoms with Crippen LogP contribution in [-0.4, -0.2) is 12.4 Å². The molecule has 14 heavy (non-hydrogen) atoms. The van der Waals surface area contributed by atoms with Gasteiger partial charge in [-0.1, -0.05) is 0 Å². The molecule has 0 aliphatic heterocycles. The summed E-state index contributed by atoms with van der Waals surface area (Å²) >= 11 is 0. The molecule has 0 aliphatic rings. The van der Waals surface area contributed by atoms with Gasteiger partial charge in [0.15, 0.2) is 17.9 Å². The predicted octanol–water partition coefficient (Wildman–Crippen LogP) is 2.56. The maximum Gasteiger partial charge on any atom is 0.201 e. The minimum Gasteiger partial charge on any atom is -0.488 e. The van der Waals surface area contributed by atoms with Gasteiger partial charge in [-0.15, -0.1) is 0 Å². The Labute approximate surface area is 80.5 Å². The summed E-state index contributed by atoms with van der Waals surface area (Å²) < 4.78 is 31.2. The molecule has 1 rings (SSSR count). The van der Waals surface area contributed by atoms with Gasteiger partial charge in [-0.05, 0) is 26.0 Å². The molecule has 2 nitrogen and oxygen atoms in total. The van der Waals surface area contributed by atoms with Crippen molar-refractivity contribution in [2.75, 3.05) is 0 Å². The lowest BCUT2D eigenvalue weighted by Crippen LogP contribution is -2.08. The first kappa shape index (κ1) is 10.6. The molecule has 4 heteroatoms. The summed E-state index contributed by atoms with van der Waals surface area (Å²) in [6.45, 7) is 3.40. The van der Waals surface area contributed by atoms with Crippen molar-refractivity contribution in [2.24, 2.45) is 0 Å². The van der Waals surface area contributed by atoms with Crippen LogP contribution in [0.25, 0.3) is 0 Å². The minimum absolute atomic E-state index is 0.178. The van der Waals surface area contributed by atoms with Crippen LogP contribution in [0.15, 0.2) is 12.1 Å². The van der Waals surface area contributed by atoms with Gasteiger partial charge in [-0.25, -0.2) is 4.39 Å².